The number of nitrogens with zero attached hydrogens (tertiary/aromatic N) is 2. The van der Waals surface area contributed by atoms with Crippen LogP contribution in [0.2, 0.25) is 0 Å². The zero-order valence-electron chi connectivity index (χ0n) is 8.93. The predicted molar refractivity (Wildman–Crippen MR) is 57.2 cm³/mol. The van der Waals surface area contributed by atoms with Gasteiger partial charge in [-0.1, -0.05) is 0 Å². The molecule has 0 atom stereocenters. The molecular weight excluding hydrogens is 208 g/mol. The Morgan fingerprint density at radius 3 is 2.62 bits per heavy atom. The van der Waals surface area contributed by atoms with Gasteiger partial charge in [-0.25, -0.2) is 4.79 Å². The highest BCUT2D eigenvalue weighted by Gasteiger charge is 2.19. The van der Waals surface area contributed by atoms with E-state index in [2.05, 4.69) is 0 Å². The van der Waals surface area contributed by atoms with Crippen LogP contribution in [0.1, 0.15) is 23.3 Å². The Balaban J connectivity index is 2.05. The highest BCUT2D eigenvalue weighted by atomic mass is 16.4. The Kier molecular flexibility index (Phi) is 2.94. The number of carboxylic acids is 1. The van der Waals surface area contributed by atoms with Gasteiger partial charge in [0.05, 0.1) is 0 Å². The summed E-state index contributed by atoms with van der Waals surface area (Å²) in [7, 11) is 0. The molecular formula is C11H14N2O3. The Morgan fingerprint density at radius 2 is 2.00 bits per heavy atom. The number of hydrogen-bond donors (Lipinski definition) is 1. The Hall–Kier alpha value is -1.78. The van der Waals surface area contributed by atoms with Crippen molar-refractivity contribution in [1.82, 2.24) is 9.47 Å². The van der Waals surface area contributed by atoms with Gasteiger partial charge in [-0.15, -0.1) is 0 Å². The van der Waals surface area contributed by atoms with Crippen molar-refractivity contribution in [2.24, 2.45) is 0 Å². The van der Waals surface area contributed by atoms with Crippen molar-refractivity contribution in [3.8, 4) is 0 Å². The third kappa shape index (κ3) is 2.08. The van der Waals surface area contributed by atoms with E-state index in [0.29, 0.717) is 0 Å². The molecule has 0 bridgehead atoms. The van der Waals surface area contributed by atoms with E-state index in [1.807, 2.05) is 0 Å². The van der Waals surface area contributed by atoms with Crippen LogP contribution in [0.3, 0.4) is 0 Å². The normalized spacial score (nSPS) is 15.4. The fourth-order valence-corrected chi connectivity index (χ4v) is 1.96. The van der Waals surface area contributed by atoms with Gasteiger partial charge in [0.2, 0.25) is 5.91 Å². The van der Waals surface area contributed by atoms with Crippen LogP contribution in [0, 0.1) is 0 Å². The summed E-state index contributed by atoms with van der Waals surface area (Å²) < 4.78 is 1.48. The van der Waals surface area contributed by atoms with Crippen molar-refractivity contribution in [1.29, 1.82) is 0 Å². The van der Waals surface area contributed by atoms with Gasteiger partial charge in [0.1, 0.15) is 12.2 Å². The summed E-state index contributed by atoms with van der Waals surface area (Å²) in [5, 5.41) is 8.89. The van der Waals surface area contributed by atoms with Crippen LogP contribution in [0.4, 0.5) is 0 Å². The lowest BCUT2D eigenvalue weighted by molar-refractivity contribution is -0.130. The monoisotopic (exact) mass is 222 g/mol. The third-order valence-electron chi connectivity index (χ3n) is 2.81. The molecule has 1 aliphatic rings. The van der Waals surface area contributed by atoms with Crippen LogP contribution in [-0.4, -0.2) is 39.5 Å². The summed E-state index contributed by atoms with van der Waals surface area (Å²) in [6, 6.07) is 3.14. The number of hydrogen-bond acceptors (Lipinski definition) is 2. The van der Waals surface area contributed by atoms with Crippen LogP contribution in [-0.2, 0) is 11.3 Å². The van der Waals surface area contributed by atoms with Crippen molar-refractivity contribution in [3.63, 3.8) is 0 Å². The fourth-order valence-electron chi connectivity index (χ4n) is 1.96. The maximum absolute atomic E-state index is 11.8. The first kappa shape index (κ1) is 10.7. The number of amides is 1. The van der Waals surface area contributed by atoms with Gasteiger partial charge in [0.25, 0.3) is 0 Å². The summed E-state index contributed by atoms with van der Waals surface area (Å²) in [6.45, 7) is 1.71. The second kappa shape index (κ2) is 4.38. The average Bonchev–Trinajstić information content (AvgIpc) is 2.86. The summed E-state index contributed by atoms with van der Waals surface area (Å²) in [6.07, 6.45) is 3.71. The molecule has 0 aromatic carbocycles. The Morgan fingerprint density at radius 1 is 1.31 bits per heavy atom. The SMILES string of the molecule is O=C(O)c1cccn1CC(=O)N1CCCC1. The molecule has 1 saturated heterocycles. The van der Waals surface area contributed by atoms with Gasteiger partial charge >= 0.3 is 5.97 Å². The van der Waals surface area contributed by atoms with Gasteiger partial charge in [-0.05, 0) is 25.0 Å². The van der Waals surface area contributed by atoms with Crippen LogP contribution < -0.4 is 0 Å². The highest BCUT2D eigenvalue weighted by Crippen LogP contribution is 2.09. The molecule has 1 amide bonds. The zero-order valence-corrected chi connectivity index (χ0v) is 8.93. The molecule has 86 valence electrons. The molecule has 1 N–H and O–H groups in total. The zero-order chi connectivity index (χ0) is 11.5. The van der Waals surface area contributed by atoms with E-state index in [9.17, 15) is 9.59 Å². The Labute approximate surface area is 93.3 Å². The van der Waals surface area contributed by atoms with Gasteiger partial charge in [-0.3, -0.25) is 4.79 Å². The standard InChI is InChI=1S/C11H14N2O3/c14-10(12-5-1-2-6-12)8-13-7-3-4-9(13)11(15)16/h3-4,7H,1-2,5-6,8H2,(H,15,16). The minimum Gasteiger partial charge on any atom is -0.477 e. The van der Waals surface area contributed by atoms with E-state index in [1.165, 1.54) is 10.6 Å². The molecule has 1 aliphatic heterocycles. The van der Waals surface area contributed by atoms with Crippen molar-refractivity contribution < 1.29 is 14.7 Å². The largest absolute Gasteiger partial charge is 0.477 e. The lowest BCUT2D eigenvalue weighted by Crippen LogP contribution is -2.31. The van der Waals surface area contributed by atoms with E-state index in [4.69, 9.17) is 5.11 Å². The van der Waals surface area contributed by atoms with Gasteiger partial charge in [0.15, 0.2) is 0 Å². The average molecular weight is 222 g/mol. The molecule has 2 heterocycles. The van der Waals surface area contributed by atoms with E-state index < -0.39 is 5.97 Å². The minimum atomic E-state index is -1.00. The number of carbonyl (C=O) groups is 2. The molecule has 0 radical (unpaired) electrons. The topological polar surface area (TPSA) is 62.5 Å². The molecule has 5 heteroatoms. The number of carbonyl (C=O) groups excluding carboxylic acids is 1. The lowest BCUT2D eigenvalue weighted by atomic mass is 10.4. The number of aromatic carboxylic acids is 1. The maximum Gasteiger partial charge on any atom is 0.352 e. The second-order valence-corrected chi connectivity index (χ2v) is 3.91. The highest BCUT2D eigenvalue weighted by molar-refractivity contribution is 5.86. The van der Waals surface area contributed by atoms with E-state index in [0.717, 1.165) is 25.9 Å². The molecule has 1 aromatic rings. The number of rotatable bonds is 3. The third-order valence-corrected chi connectivity index (χ3v) is 2.81. The molecule has 1 fully saturated rings. The number of carboxylic acid groups (broad SMARTS) is 1. The molecule has 0 spiro atoms. The first-order chi connectivity index (χ1) is 7.68. The molecule has 2 rings (SSSR count). The first-order valence-corrected chi connectivity index (χ1v) is 5.34. The smallest absolute Gasteiger partial charge is 0.352 e. The molecule has 1 aromatic heterocycles. The van der Waals surface area contributed by atoms with Crippen molar-refractivity contribution in [2.75, 3.05) is 13.1 Å². The first-order valence-electron chi connectivity index (χ1n) is 5.34. The number of likely N-dealkylation sites (tertiary alicyclic amines) is 1. The molecule has 0 saturated carbocycles. The summed E-state index contributed by atoms with van der Waals surface area (Å²) >= 11 is 0. The van der Waals surface area contributed by atoms with E-state index in [1.54, 1.807) is 17.2 Å². The molecule has 5 nitrogen and oxygen atoms in total. The van der Waals surface area contributed by atoms with Crippen LogP contribution in [0.25, 0.3) is 0 Å². The van der Waals surface area contributed by atoms with Crippen molar-refractivity contribution >= 4 is 11.9 Å². The second-order valence-electron chi connectivity index (χ2n) is 3.91. The maximum atomic E-state index is 11.8. The molecule has 0 aliphatic carbocycles. The summed E-state index contributed by atoms with van der Waals surface area (Å²) in [5.41, 5.74) is 0.160. The van der Waals surface area contributed by atoms with E-state index in [-0.39, 0.29) is 18.1 Å². The minimum absolute atomic E-state index is 0.00352. The van der Waals surface area contributed by atoms with E-state index >= 15 is 0 Å². The number of aromatic nitrogens is 1. The summed E-state index contributed by atoms with van der Waals surface area (Å²) in [4.78, 5) is 24.4. The summed E-state index contributed by atoms with van der Waals surface area (Å²) in [5.74, 6) is -1.00. The Bertz CT molecular complexity index is 405. The molecule has 16 heavy (non-hydrogen) atoms. The van der Waals surface area contributed by atoms with Gasteiger partial charge < -0.3 is 14.6 Å². The van der Waals surface area contributed by atoms with Crippen molar-refractivity contribution in [2.45, 2.75) is 19.4 Å². The van der Waals surface area contributed by atoms with Crippen LogP contribution >= 0.6 is 0 Å². The quantitative estimate of drug-likeness (QED) is 0.823. The van der Waals surface area contributed by atoms with Crippen LogP contribution in [0.5, 0.6) is 0 Å². The van der Waals surface area contributed by atoms with Crippen molar-refractivity contribution in [3.05, 3.63) is 24.0 Å². The predicted octanol–water partition coefficient (Wildman–Crippen LogP) is 0.809. The molecule has 0 unspecified atom stereocenters. The van der Waals surface area contributed by atoms with Crippen LogP contribution in [0.15, 0.2) is 18.3 Å². The van der Waals surface area contributed by atoms with Gasteiger partial charge in [0, 0.05) is 19.3 Å². The van der Waals surface area contributed by atoms with Gasteiger partial charge in [-0.2, -0.15) is 0 Å². The fraction of sp³-hybridized carbons (Fsp3) is 0.455. The lowest BCUT2D eigenvalue weighted by Gasteiger charge is -2.16.